The Labute approximate surface area is 182 Å². The third-order valence-electron chi connectivity index (χ3n) is 4.92. The normalized spacial score (nSPS) is 12.7. The number of nitrogens with zero attached hydrogens (tertiary/aromatic N) is 1. The van der Waals surface area contributed by atoms with Crippen LogP contribution >= 0.6 is 11.6 Å². The smallest absolute Gasteiger partial charge is 0.329 e. The van der Waals surface area contributed by atoms with Gasteiger partial charge in [0.05, 0.1) is 16.6 Å². The van der Waals surface area contributed by atoms with Crippen LogP contribution in [-0.2, 0) is 14.3 Å². The summed E-state index contributed by atoms with van der Waals surface area (Å²) in [7, 11) is 1.66. The zero-order valence-electron chi connectivity index (χ0n) is 17.6. The second-order valence-electron chi connectivity index (χ2n) is 7.37. The topological polar surface area (TPSA) is 75.7 Å². The van der Waals surface area contributed by atoms with Gasteiger partial charge >= 0.3 is 5.97 Å². The minimum atomic E-state index is -0.904. The van der Waals surface area contributed by atoms with Gasteiger partial charge < -0.3 is 15.0 Å². The van der Waals surface area contributed by atoms with Gasteiger partial charge in [-0.25, -0.2) is 4.79 Å². The summed E-state index contributed by atoms with van der Waals surface area (Å²) in [5.74, 6) is -1.71. The second kappa shape index (κ2) is 10.8. The highest BCUT2D eigenvalue weighted by atomic mass is 35.5. The molecule has 0 aliphatic rings. The van der Waals surface area contributed by atoms with Crippen molar-refractivity contribution in [2.45, 2.75) is 32.9 Å². The number of carbonyl (C=O) groups is 3. The molecule has 0 fully saturated rings. The molecule has 0 aliphatic heterocycles. The van der Waals surface area contributed by atoms with E-state index in [-0.39, 0.29) is 28.5 Å². The van der Waals surface area contributed by atoms with Crippen LogP contribution < -0.4 is 5.32 Å². The lowest BCUT2D eigenvalue weighted by atomic mass is 10.0. The van der Waals surface area contributed by atoms with Crippen LogP contribution in [0.3, 0.4) is 0 Å². The first-order valence-corrected chi connectivity index (χ1v) is 10.1. The van der Waals surface area contributed by atoms with Gasteiger partial charge in [0.1, 0.15) is 6.04 Å². The zero-order chi connectivity index (χ0) is 22.3. The average molecular weight is 431 g/mol. The maximum atomic E-state index is 12.6. The van der Waals surface area contributed by atoms with E-state index in [0.717, 1.165) is 5.56 Å². The van der Waals surface area contributed by atoms with Crippen molar-refractivity contribution >= 4 is 29.4 Å². The molecule has 7 heteroatoms. The molecule has 0 saturated carbocycles. The predicted octanol–water partition coefficient (Wildman–Crippen LogP) is 3.86. The van der Waals surface area contributed by atoms with Crippen molar-refractivity contribution in [3.05, 3.63) is 70.7 Å². The van der Waals surface area contributed by atoms with Crippen molar-refractivity contribution in [2.24, 2.45) is 5.92 Å². The zero-order valence-corrected chi connectivity index (χ0v) is 18.3. The molecule has 0 bridgehead atoms. The molecule has 30 heavy (non-hydrogen) atoms. The number of hydrogen-bond donors (Lipinski definition) is 1. The van der Waals surface area contributed by atoms with Crippen molar-refractivity contribution in [1.29, 1.82) is 0 Å². The second-order valence-corrected chi connectivity index (χ2v) is 7.78. The number of hydrogen-bond acceptors (Lipinski definition) is 4. The van der Waals surface area contributed by atoms with Gasteiger partial charge in [-0.2, -0.15) is 0 Å². The van der Waals surface area contributed by atoms with Gasteiger partial charge in [0.15, 0.2) is 6.61 Å². The molecule has 0 heterocycles. The summed E-state index contributed by atoms with van der Waals surface area (Å²) in [4.78, 5) is 39.1. The molecule has 6 nitrogen and oxygen atoms in total. The van der Waals surface area contributed by atoms with E-state index >= 15 is 0 Å². The van der Waals surface area contributed by atoms with Crippen LogP contribution in [0.4, 0.5) is 0 Å². The largest absolute Gasteiger partial charge is 0.454 e. The Balaban J connectivity index is 1.97. The lowest BCUT2D eigenvalue weighted by molar-refractivity contribution is -0.154. The molecule has 0 spiro atoms. The van der Waals surface area contributed by atoms with Crippen LogP contribution in [-0.4, -0.2) is 42.4 Å². The van der Waals surface area contributed by atoms with E-state index in [9.17, 15) is 14.4 Å². The molecule has 2 aromatic rings. The fourth-order valence-electron chi connectivity index (χ4n) is 2.86. The number of esters is 1. The Morgan fingerprint density at radius 1 is 1.00 bits per heavy atom. The van der Waals surface area contributed by atoms with Crippen molar-refractivity contribution in [1.82, 2.24) is 10.2 Å². The molecule has 2 aromatic carbocycles. The standard InChI is InChI=1S/C23H27ClN2O4/c1-15(2)21(25-22(28)18-12-8-9-13-19(18)24)23(29)30-14-20(27)26(4)16(3)17-10-6-5-7-11-17/h5-13,15-16,21H,14H2,1-4H3,(H,25,28). The summed E-state index contributed by atoms with van der Waals surface area (Å²) in [5, 5.41) is 2.94. The Morgan fingerprint density at radius 2 is 1.60 bits per heavy atom. The first kappa shape index (κ1) is 23.4. The lowest BCUT2D eigenvalue weighted by Gasteiger charge is -2.26. The van der Waals surface area contributed by atoms with Gasteiger partial charge in [0.25, 0.3) is 11.8 Å². The summed E-state index contributed by atoms with van der Waals surface area (Å²) in [6.07, 6.45) is 0. The molecule has 0 saturated heterocycles. The number of rotatable bonds is 8. The lowest BCUT2D eigenvalue weighted by Crippen LogP contribution is -2.46. The monoisotopic (exact) mass is 430 g/mol. The van der Waals surface area contributed by atoms with E-state index in [2.05, 4.69) is 5.32 Å². The highest BCUT2D eigenvalue weighted by Crippen LogP contribution is 2.19. The summed E-state index contributed by atoms with van der Waals surface area (Å²) >= 11 is 6.05. The Kier molecular flexibility index (Phi) is 8.42. The van der Waals surface area contributed by atoms with E-state index in [1.165, 1.54) is 4.90 Å². The highest BCUT2D eigenvalue weighted by molar-refractivity contribution is 6.33. The van der Waals surface area contributed by atoms with Crippen LogP contribution in [0.5, 0.6) is 0 Å². The van der Waals surface area contributed by atoms with Crippen molar-refractivity contribution < 1.29 is 19.1 Å². The predicted molar refractivity (Wildman–Crippen MR) is 116 cm³/mol. The average Bonchev–Trinajstić information content (AvgIpc) is 2.75. The van der Waals surface area contributed by atoms with Crippen LogP contribution in [0.15, 0.2) is 54.6 Å². The van der Waals surface area contributed by atoms with Crippen LogP contribution in [0.25, 0.3) is 0 Å². The van der Waals surface area contributed by atoms with E-state index in [4.69, 9.17) is 16.3 Å². The Bertz CT molecular complexity index is 886. The Morgan fingerprint density at radius 3 is 2.20 bits per heavy atom. The third-order valence-corrected chi connectivity index (χ3v) is 5.25. The molecule has 2 amide bonds. The SMILES string of the molecule is CC(C)C(NC(=O)c1ccccc1Cl)C(=O)OCC(=O)N(C)C(C)c1ccccc1. The van der Waals surface area contributed by atoms with Gasteiger partial charge in [-0.3, -0.25) is 9.59 Å². The first-order valence-electron chi connectivity index (χ1n) is 9.75. The molecule has 1 N–H and O–H groups in total. The quantitative estimate of drug-likeness (QED) is 0.645. The maximum Gasteiger partial charge on any atom is 0.329 e. The molecule has 0 radical (unpaired) electrons. The maximum absolute atomic E-state index is 12.6. The van der Waals surface area contributed by atoms with E-state index < -0.39 is 24.5 Å². The first-order chi connectivity index (χ1) is 14.2. The van der Waals surface area contributed by atoms with E-state index in [1.807, 2.05) is 37.3 Å². The molecule has 2 atom stereocenters. The highest BCUT2D eigenvalue weighted by Gasteiger charge is 2.28. The minimum absolute atomic E-state index is 0.168. The number of nitrogens with one attached hydrogen (secondary N) is 1. The molecule has 2 unspecified atom stereocenters. The summed E-state index contributed by atoms with van der Waals surface area (Å²) in [6, 6.07) is 15.1. The number of likely N-dealkylation sites (N-methyl/N-ethyl adjacent to an activating group) is 1. The number of ether oxygens (including phenoxy) is 1. The molecule has 2 rings (SSSR count). The molecular weight excluding hydrogens is 404 g/mol. The number of benzene rings is 2. The number of carbonyl (C=O) groups excluding carboxylic acids is 3. The van der Waals surface area contributed by atoms with Crippen molar-refractivity contribution in [3.63, 3.8) is 0 Å². The third kappa shape index (κ3) is 6.07. The van der Waals surface area contributed by atoms with E-state index in [0.29, 0.717) is 0 Å². The molecule has 160 valence electrons. The molecule has 0 aliphatic carbocycles. The van der Waals surface area contributed by atoms with Crippen LogP contribution in [0.1, 0.15) is 42.7 Å². The minimum Gasteiger partial charge on any atom is -0.454 e. The summed E-state index contributed by atoms with van der Waals surface area (Å²) in [6.45, 7) is 5.06. The molecular formula is C23H27ClN2O4. The number of halogens is 1. The van der Waals surface area contributed by atoms with Gasteiger partial charge in [0.2, 0.25) is 0 Å². The number of amides is 2. The fourth-order valence-corrected chi connectivity index (χ4v) is 3.08. The summed E-state index contributed by atoms with van der Waals surface area (Å²) in [5.41, 5.74) is 1.25. The van der Waals surface area contributed by atoms with Gasteiger partial charge in [-0.15, -0.1) is 0 Å². The Hall–Kier alpha value is -2.86. The van der Waals surface area contributed by atoms with Gasteiger partial charge in [-0.05, 0) is 30.5 Å². The molecule has 0 aromatic heterocycles. The van der Waals surface area contributed by atoms with Crippen molar-refractivity contribution in [3.8, 4) is 0 Å². The summed E-state index contributed by atoms with van der Waals surface area (Å²) < 4.78 is 5.22. The van der Waals surface area contributed by atoms with Crippen LogP contribution in [0, 0.1) is 5.92 Å². The van der Waals surface area contributed by atoms with E-state index in [1.54, 1.807) is 45.2 Å². The van der Waals surface area contributed by atoms with Gasteiger partial charge in [-0.1, -0.05) is 67.9 Å². The van der Waals surface area contributed by atoms with Gasteiger partial charge in [0, 0.05) is 7.05 Å². The van der Waals surface area contributed by atoms with Crippen LogP contribution in [0.2, 0.25) is 5.02 Å². The fraction of sp³-hybridized carbons (Fsp3) is 0.348. The van der Waals surface area contributed by atoms with Crippen molar-refractivity contribution in [2.75, 3.05) is 13.7 Å².